The highest BCUT2D eigenvalue weighted by molar-refractivity contribution is 4.83. The summed E-state index contributed by atoms with van der Waals surface area (Å²) in [6.07, 6.45) is 8.77. The Labute approximate surface area is 84.1 Å². The summed E-state index contributed by atoms with van der Waals surface area (Å²) in [5.41, 5.74) is 0.543. The van der Waals surface area contributed by atoms with Crippen molar-refractivity contribution in [3.63, 3.8) is 0 Å². The van der Waals surface area contributed by atoms with Gasteiger partial charge in [0.2, 0.25) is 0 Å². The Balaban J connectivity index is 2.29. The lowest BCUT2D eigenvalue weighted by molar-refractivity contribution is 0.255. The first-order valence-corrected chi connectivity index (χ1v) is 6.03. The van der Waals surface area contributed by atoms with Crippen LogP contribution in [-0.4, -0.2) is 0 Å². The first-order valence-electron chi connectivity index (χ1n) is 6.03. The molecule has 1 aliphatic rings. The van der Waals surface area contributed by atoms with E-state index in [0.717, 1.165) is 11.8 Å². The average molecular weight is 182 g/mol. The SMILES string of the molecule is CCCCC(CC(C)(C)C)C1CC1. The van der Waals surface area contributed by atoms with Gasteiger partial charge in [-0.05, 0) is 36.5 Å². The van der Waals surface area contributed by atoms with E-state index in [1.54, 1.807) is 0 Å². The van der Waals surface area contributed by atoms with Gasteiger partial charge in [-0.25, -0.2) is 0 Å². The van der Waals surface area contributed by atoms with Crippen LogP contribution in [0, 0.1) is 17.3 Å². The topological polar surface area (TPSA) is 0 Å². The van der Waals surface area contributed by atoms with E-state index in [1.807, 2.05) is 0 Å². The second-order valence-electron chi connectivity index (χ2n) is 6.00. The average Bonchev–Trinajstić information content (AvgIpc) is 2.77. The van der Waals surface area contributed by atoms with Crippen LogP contribution in [0.25, 0.3) is 0 Å². The van der Waals surface area contributed by atoms with Crippen LogP contribution in [-0.2, 0) is 0 Å². The van der Waals surface area contributed by atoms with E-state index in [-0.39, 0.29) is 0 Å². The summed E-state index contributed by atoms with van der Waals surface area (Å²) in [6, 6.07) is 0. The van der Waals surface area contributed by atoms with E-state index in [4.69, 9.17) is 0 Å². The van der Waals surface area contributed by atoms with E-state index in [0.29, 0.717) is 5.41 Å². The molecule has 0 aromatic carbocycles. The van der Waals surface area contributed by atoms with Crippen molar-refractivity contribution < 1.29 is 0 Å². The van der Waals surface area contributed by atoms with Gasteiger partial charge in [-0.2, -0.15) is 0 Å². The number of hydrogen-bond donors (Lipinski definition) is 0. The van der Waals surface area contributed by atoms with Gasteiger partial charge in [0.05, 0.1) is 0 Å². The number of unbranched alkanes of at least 4 members (excludes halogenated alkanes) is 1. The smallest absolute Gasteiger partial charge is 0.0380 e. The number of hydrogen-bond acceptors (Lipinski definition) is 0. The molecule has 1 unspecified atom stereocenters. The quantitative estimate of drug-likeness (QED) is 0.581. The Morgan fingerprint density at radius 2 is 1.85 bits per heavy atom. The molecular weight excluding hydrogens is 156 g/mol. The molecule has 0 amide bonds. The van der Waals surface area contributed by atoms with Gasteiger partial charge in [0.1, 0.15) is 0 Å². The van der Waals surface area contributed by atoms with Gasteiger partial charge in [0.15, 0.2) is 0 Å². The third-order valence-electron chi connectivity index (χ3n) is 3.09. The first kappa shape index (κ1) is 11.1. The minimum Gasteiger partial charge on any atom is -0.0654 e. The minimum atomic E-state index is 0.543. The predicted molar refractivity (Wildman–Crippen MR) is 59.8 cm³/mol. The predicted octanol–water partition coefficient (Wildman–Crippen LogP) is 4.64. The van der Waals surface area contributed by atoms with Gasteiger partial charge in [-0.3, -0.25) is 0 Å². The van der Waals surface area contributed by atoms with Crippen molar-refractivity contribution in [2.24, 2.45) is 17.3 Å². The molecule has 0 heterocycles. The van der Waals surface area contributed by atoms with E-state index >= 15 is 0 Å². The first-order chi connectivity index (χ1) is 6.03. The molecule has 0 radical (unpaired) electrons. The van der Waals surface area contributed by atoms with E-state index in [9.17, 15) is 0 Å². The van der Waals surface area contributed by atoms with Crippen LogP contribution in [0.3, 0.4) is 0 Å². The van der Waals surface area contributed by atoms with Crippen molar-refractivity contribution in [2.45, 2.75) is 66.2 Å². The molecule has 0 aromatic rings. The molecule has 0 bridgehead atoms. The van der Waals surface area contributed by atoms with Crippen LogP contribution >= 0.6 is 0 Å². The van der Waals surface area contributed by atoms with Crippen LogP contribution in [0.2, 0.25) is 0 Å². The maximum atomic E-state index is 2.38. The Morgan fingerprint density at radius 3 is 2.23 bits per heavy atom. The molecule has 1 atom stereocenters. The molecule has 1 saturated carbocycles. The highest BCUT2D eigenvalue weighted by Gasteiger charge is 2.32. The summed E-state index contributed by atoms with van der Waals surface area (Å²) < 4.78 is 0. The zero-order valence-corrected chi connectivity index (χ0v) is 9.90. The Bertz CT molecular complexity index is 137. The van der Waals surface area contributed by atoms with E-state index < -0.39 is 0 Å². The molecule has 13 heavy (non-hydrogen) atoms. The zero-order valence-electron chi connectivity index (χ0n) is 9.90. The fraction of sp³-hybridized carbons (Fsp3) is 1.00. The standard InChI is InChI=1S/C13H26/c1-5-6-7-12(11-8-9-11)10-13(2,3)4/h11-12H,5-10H2,1-4H3. The normalized spacial score (nSPS) is 20.3. The van der Waals surface area contributed by atoms with Crippen molar-refractivity contribution >= 4 is 0 Å². The lowest BCUT2D eigenvalue weighted by atomic mass is 9.80. The van der Waals surface area contributed by atoms with Crippen molar-refractivity contribution in [1.29, 1.82) is 0 Å². The summed E-state index contributed by atoms with van der Waals surface area (Å²) >= 11 is 0. The molecule has 0 spiro atoms. The van der Waals surface area contributed by atoms with Crippen LogP contribution in [0.5, 0.6) is 0 Å². The van der Waals surface area contributed by atoms with Crippen LogP contribution < -0.4 is 0 Å². The van der Waals surface area contributed by atoms with Gasteiger partial charge >= 0.3 is 0 Å². The maximum absolute atomic E-state index is 2.38. The second-order valence-corrected chi connectivity index (χ2v) is 6.00. The molecule has 1 fully saturated rings. The molecule has 0 aromatic heterocycles. The second kappa shape index (κ2) is 4.48. The monoisotopic (exact) mass is 182 g/mol. The van der Waals surface area contributed by atoms with Crippen molar-refractivity contribution in [2.75, 3.05) is 0 Å². The maximum Gasteiger partial charge on any atom is -0.0380 e. The zero-order chi connectivity index (χ0) is 9.90. The van der Waals surface area contributed by atoms with Gasteiger partial charge < -0.3 is 0 Å². The molecular formula is C13H26. The molecule has 0 heteroatoms. The molecule has 1 rings (SSSR count). The van der Waals surface area contributed by atoms with Gasteiger partial charge in [-0.1, -0.05) is 47.0 Å². The summed E-state index contributed by atoms with van der Waals surface area (Å²) in [5.74, 6) is 2.14. The van der Waals surface area contributed by atoms with Crippen LogP contribution in [0.15, 0.2) is 0 Å². The van der Waals surface area contributed by atoms with Gasteiger partial charge in [0.25, 0.3) is 0 Å². The summed E-state index contributed by atoms with van der Waals surface area (Å²) in [5, 5.41) is 0. The summed E-state index contributed by atoms with van der Waals surface area (Å²) in [7, 11) is 0. The van der Waals surface area contributed by atoms with Gasteiger partial charge in [-0.15, -0.1) is 0 Å². The Morgan fingerprint density at radius 1 is 1.23 bits per heavy atom. The van der Waals surface area contributed by atoms with Gasteiger partial charge in [0, 0.05) is 0 Å². The van der Waals surface area contributed by atoms with Crippen LogP contribution in [0.1, 0.15) is 66.2 Å². The van der Waals surface area contributed by atoms with Crippen molar-refractivity contribution in [3.8, 4) is 0 Å². The molecule has 0 nitrogen and oxygen atoms in total. The largest absolute Gasteiger partial charge is 0.0654 e. The third-order valence-corrected chi connectivity index (χ3v) is 3.09. The van der Waals surface area contributed by atoms with Crippen molar-refractivity contribution in [1.82, 2.24) is 0 Å². The molecule has 0 aliphatic heterocycles. The highest BCUT2D eigenvalue weighted by Crippen LogP contribution is 2.44. The molecule has 1 aliphatic carbocycles. The van der Waals surface area contributed by atoms with E-state index in [2.05, 4.69) is 27.7 Å². The lowest BCUT2D eigenvalue weighted by Crippen LogP contribution is -2.14. The Hall–Kier alpha value is 0. The molecule has 0 saturated heterocycles. The highest BCUT2D eigenvalue weighted by atomic mass is 14.4. The minimum absolute atomic E-state index is 0.543. The van der Waals surface area contributed by atoms with Crippen molar-refractivity contribution in [3.05, 3.63) is 0 Å². The van der Waals surface area contributed by atoms with Crippen LogP contribution in [0.4, 0.5) is 0 Å². The lowest BCUT2D eigenvalue weighted by Gasteiger charge is -2.26. The Kier molecular flexibility index (Phi) is 3.82. The molecule has 78 valence electrons. The summed E-state index contributed by atoms with van der Waals surface area (Å²) in [6.45, 7) is 9.46. The third kappa shape index (κ3) is 4.69. The summed E-state index contributed by atoms with van der Waals surface area (Å²) in [4.78, 5) is 0. The fourth-order valence-corrected chi connectivity index (χ4v) is 2.32. The number of rotatable bonds is 5. The van der Waals surface area contributed by atoms with E-state index in [1.165, 1.54) is 38.5 Å². The molecule has 0 N–H and O–H groups in total. The fourth-order valence-electron chi connectivity index (χ4n) is 2.32.